The van der Waals surface area contributed by atoms with E-state index in [1.807, 2.05) is 0 Å². The van der Waals surface area contributed by atoms with Crippen molar-refractivity contribution in [3.05, 3.63) is 72.9 Å². The van der Waals surface area contributed by atoms with Crippen molar-refractivity contribution in [1.82, 2.24) is 0 Å². The lowest BCUT2D eigenvalue weighted by molar-refractivity contribution is -0.154. The number of carbonyl (C=O) groups is 1. The molecule has 0 aliphatic carbocycles. The lowest BCUT2D eigenvalue weighted by atomic mass is 10.0. The summed E-state index contributed by atoms with van der Waals surface area (Å²) in [6.45, 7) is 3.36. The summed E-state index contributed by atoms with van der Waals surface area (Å²) < 4.78 is 33.5. The molecule has 3 atom stereocenters. The number of phosphoric ester groups is 1. The van der Waals surface area contributed by atoms with E-state index in [-0.39, 0.29) is 13.0 Å². The first kappa shape index (κ1) is 61.9. The molecule has 0 aromatic carbocycles. The first-order valence-corrected chi connectivity index (χ1v) is 27.4. The number of aliphatic hydroxyl groups is 2. The summed E-state index contributed by atoms with van der Waals surface area (Å²) in [5.74, 6) is -0.393. The number of hydrogen-bond donors (Lipinski definition) is 3. The Hall–Kier alpha value is -2.10. The minimum absolute atomic E-state index is 0.0293. The highest BCUT2D eigenvalue weighted by Gasteiger charge is 2.26. The Morgan fingerprint density at radius 3 is 1.36 bits per heavy atom. The number of hydrogen-bond acceptors (Lipinski definition) is 8. The predicted octanol–water partition coefficient (Wildman–Crippen LogP) is 15.3. The summed E-state index contributed by atoms with van der Waals surface area (Å²) in [5.41, 5.74) is 0. The van der Waals surface area contributed by atoms with E-state index in [4.69, 9.17) is 23.6 Å². The molecule has 3 N–H and O–H groups in total. The van der Waals surface area contributed by atoms with Crippen molar-refractivity contribution in [2.75, 3.05) is 33.0 Å². The molecule has 0 heterocycles. The van der Waals surface area contributed by atoms with Crippen LogP contribution in [-0.4, -0.2) is 66.3 Å². The molecule has 0 aliphatic heterocycles. The van der Waals surface area contributed by atoms with Crippen LogP contribution in [0.3, 0.4) is 0 Å². The molecule has 0 aliphatic rings. The molecule has 0 radical (unpaired) electrons. The van der Waals surface area contributed by atoms with Gasteiger partial charge in [-0.2, -0.15) is 0 Å². The molecule has 0 aromatic heterocycles. The lowest BCUT2D eigenvalue weighted by Gasteiger charge is -2.20. The van der Waals surface area contributed by atoms with Gasteiger partial charge in [0.15, 0.2) is 0 Å². The van der Waals surface area contributed by atoms with Crippen LogP contribution >= 0.6 is 7.82 Å². The molecule has 0 saturated heterocycles. The molecule has 3 unspecified atom stereocenters. The number of allylic oxidation sites excluding steroid dienone is 12. The average molecular weight is 921 g/mol. The van der Waals surface area contributed by atoms with Crippen LogP contribution in [-0.2, 0) is 27.9 Å². The maximum atomic E-state index is 12.7. The summed E-state index contributed by atoms with van der Waals surface area (Å²) in [4.78, 5) is 22.7. The van der Waals surface area contributed by atoms with Crippen molar-refractivity contribution in [3.8, 4) is 0 Å². The van der Waals surface area contributed by atoms with Crippen LogP contribution in [0.5, 0.6) is 0 Å². The Kier molecular flexibility index (Phi) is 48.7. The number of rotatable bonds is 49. The molecule has 9 nitrogen and oxygen atoms in total. The van der Waals surface area contributed by atoms with E-state index in [0.717, 1.165) is 83.5 Å². The van der Waals surface area contributed by atoms with Gasteiger partial charge in [-0.3, -0.25) is 13.8 Å². The zero-order valence-corrected chi connectivity index (χ0v) is 41.9. The number of unbranched alkanes of at least 4 members (excludes halogenated alkanes) is 23. The van der Waals surface area contributed by atoms with Gasteiger partial charge < -0.3 is 24.6 Å². The van der Waals surface area contributed by atoms with E-state index in [1.54, 1.807) is 0 Å². The Balaban J connectivity index is 4.12. The van der Waals surface area contributed by atoms with Crippen LogP contribution in [0.1, 0.15) is 219 Å². The van der Waals surface area contributed by atoms with Crippen molar-refractivity contribution >= 4 is 13.8 Å². The fraction of sp³-hybridized carbons (Fsp3) is 0.759. The van der Waals surface area contributed by atoms with Crippen molar-refractivity contribution in [2.24, 2.45) is 0 Å². The molecule has 0 fully saturated rings. The molecule has 0 rings (SSSR count). The summed E-state index contributed by atoms with van der Waals surface area (Å²) in [6, 6.07) is 0. The van der Waals surface area contributed by atoms with Gasteiger partial charge in [-0.1, -0.05) is 202 Å². The zero-order valence-electron chi connectivity index (χ0n) is 41.0. The van der Waals surface area contributed by atoms with Crippen LogP contribution in [0.15, 0.2) is 72.9 Å². The van der Waals surface area contributed by atoms with Gasteiger partial charge in [0, 0.05) is 13.0 Å². The minimum atomic E-state index is -4.54. The maximum absolute atomic E-state index is 12.7. The van der Waals surface area contributed by atoms with Gasteiger partial charge in [-0.25, -0.2) is 4.57 Å². The molecule has 372 valence electrons. The molecule has 0 amide bonds. The molecule has 64 heavy (non-hydrogen) atoms. The Bertz CT molecular complexity index is 1230. The van der Waals surface area contributed by atoms with Gasteiger partial charge in [0.1, 0.15) is 12.2 Å². The molecule has 0 bridgehead atoms. The Labute approximate surface area is 392 Å². The molecule has 0 aromatic rings. The summed E-state index contributed by atoms with van der Waals surface area (Å²) in [6.07, 6.45) is 61.6. The third-order valence-electron chi connectivity index (χ3n) is 10.9. The van der Waals surface area contributed by atoms with E-state index in [9.17, 15) is 19.4 Å². The topological polar surface area (TPSA) is 132 Å². The molecule has 0 saturated carbocycles. The molecule has 0 spiro atoms. The molecular weight excluding hydrogens is 824 g/mol. The Morgan fingerprint density at radius 2 is 0.891 bits per heavy atom. The summed E-state index contributed by atoms with van der Waals surface area (Å²) in [7, 11) is -4.54. The standard InChI is InChI=1S/C54H97O9P/c1-3-5-7-9-11-13-15-17-19-21-23-25-26-27-28-30-32-34-36-38-40-42-44-46-54(57)63-53(51-62-64(58,59)61-49-52(56)48-55)50-60-47-45-43-41-39-37-35-33-31-29-24-22-20-18-16-14-12-10-8-6-4-2/h6,8,12,14,18,20-21,23-24,29,33,35,52-53,55-56H,3-5,7,9-11,13,15-17,19,22,25-28,30-32,34,36-51H2,1-2H3,(H,58,59)/b8-6-,14-12-,20-18-,23-21-,29-24-,35-33-. The molecular formula is C54H97O9P. The normalized spacial score (nSPS) is 14.4. The number of aliphatic hydroxyl groups excluding tert-OH is 2. The van der Waals surface area contributed by atoms with E-state index in [1.165, 1.54) is 116 Å². The lowest BCUT2D eigenvalue weighted by Crippen LogP contribution is -2.29. The van der Waals surface area contributed by atoms with Crippen LogP contribution in [0, 0.1) is 0 Å². The quantitative estimate of drug-likeness (QED) is 0.0236. The summed E-state index contributed by atoms with van der Waals surface area (Å²) in [5, 5.41) is 18.4. The van der Waals surface area contributed by atoms with Gasteiger partial charge in [0.25, 0.3) is 0 Å². The fourth-order valence-corrected chi connectivity index (χ4v) is 7.76. The van der Waals surface area contributed by atoms with Crippen LogP contribution in [0.4, 0.5) is 0 Å². The Morgan fingerprint density at radius 1 is 0.500 bits per heavy atom. The number of ether oxygens (including phenoxy) is 2. The maximum Gasteiger partial charge on any atom is 0.472 e. The second-order valence-corrected chi connectivity index (χ2v) is 18.6. The second kappa shape index (κ2) is 50.3. The van der Waals surface area contributed by atoms with Crippen LogP contribution < -0.4 is 0 Å². The van der Waals surface area contributed by atoms with E-state index in [2.05, 4.69) is 86.8 Å². The average Bonchev–Trinajstić information content (AvgIpc) is 3.29. The van der Waals surface area contributed by atoms with Gasteiger partial charge in [0.05, 0.1) is 26.4 Å². The number of esters is 1. The third-order valence-corrected chi connectivity index (χ3v) is 11.8. The largest absolute Gasteiger partial charge is 0.472 e. The highest BCUT2D eigenvalue weighted by Crippen LogP contribution is 2.43. The van der Waals surface area contributed by atoms with E-state index in [0.29, 0.717) is 6.61 Å². The first-order chi connectivity index (χ1) is 31.3. The SMILES string of the molecule is CC/C=C\C/C=C\C/C=C\C/C=C\C/C=C\CCCCCCOCC(COP(=O)(O)OCC(O)CO)OC(=O)CCCCCCCCCCCCC/C=C\CCCCCCCCCC. The van der Waals surface area contributed by atoms with E-state index >= 15 is 0 Å². The number of phosphoric acid groups is 1. The third kappa shape index (κ3) is 49.3. The second-order valence-electron chi connectivity index (χ2n) is 17.2. The van der Waals surface area contributed by atoms with Gasteiger partial charge in [0.2, 0.25) is 0 Å². The van der Waals surface area contributed by atoms with Crippen molar-refractivity contribution in [1.29, 1.82) is 0 Å². The van der Waals surface area contributed by atoms with Crippen molar-refractivity contribution in [2.45, 2.75) is 232 Å². The van der Waals surface area contributed by atoms with Crippen LogP contribution in [0.2, 0.25) is 0 Å². The van der Waals surface area contributed by atoms with Crippen LogP contribution in [0.25, 0.3) is 0 Å². The zero-order chi connectivity index (χ0) is 46.7. The smallest absolute Gasteiger partial charge is 0.457 e. The van der Waals surface area contributed by atoms with E-state index < -0.39 is 45.8 Å². The van der Waals surface area contributed by atoms with Gasteiger partial charge >= 0.3 is 13.8 Å². The van der Waals surface area contributed by atoms with Gasteiger partial charge in [-0.15, -0.1) is 0 Å². The predicted molar refractivity (Wildman–Crippen MR) is 269 cm³/mol. The minimum Gasteiger partial charge on any atom is -0.457 e. The molecule has 10 heteroatoms. The highest BCUT2D eigenvalue weighted by molar-refractivity contribution is 7.47. The fourth-order valence-electron chi connectivity index (χ4n) is 6.97. The van der Waals surface area contributed by atoms with Gasteiger partial charge in [-0.05, 0) is 83.5 Å². The monoisotopic (exact) mass is 921 g/mol. The first-order valence-electron chi connectivity index (χ1n) is 25.9. The number of carbonyl (C=O) groups excluding carboxylic acids is 1. The van der Waals surface area contributed by atoms with Crippen molar-refractivity contribution in [3.63, 3.8) is 0 Å². The summed E-state index contributed by atoms with van der Waals surface area (Å²) >= 11 is 0. The highest BCUT2D eigenvalue weighted by atomic mass is 31.2. The van der Waals surface area contributed by atoms with Crippen molar-refractivity contribution < 1.29 is 43.0 Å².